The highest BCUT2D eigenvalue weighted by Crippen LogP contribution is 2.38. The van der Waals surface area contributed by atoms with Crippen LogP contribution in [0.5, 0.6) is 0 Å². The third-order valence-electron chi connectivity index (χ3n) is 7.98. The number of carbonyl (C=O) groups excluding carboxylic acids is 1. The Balaban J connectivity index is 1.54. The number of alkyl halides is 3. The molecule has 0 aliphatic carbocycles. The lowest BCUT2D eigenvalue weighted by Crippen LogP contribution is -2.47. The fourth-order valence-corrected chi connectivity index (χ4v) is 5.35. The van der Waals surface area contributed by atoms with Gasteiger partial charge in [0.25, 0.3) is 5.91 Å². The molecule has 1 aromatic carbocycles. The Hall–Kier alpha value is -3.40. The summed E-state index contributed by atoms with van der Waals surface area (Å²) in [6, 6.07) is 8.19. The van der Waals surface area contributed by atoms with Gasteiger partial charge in [0.15, 0.2) is 0 Å². The zero-order chi connectivity index (χ0) is 30.1. The lowest BCUT2D eigenvalue weighted by atomic mass is 9.92. The Bertz CT molecular complexity index is 1400. The number of carbonyl (C=O) groups is 1. The number of fused-ring (bicyclic) bond motifs is 1. The minimum atomic E-state index is -4.60. The fraction of sp³-hybridized carbons (Fsp3) is 0.516. The van der Waals surface area contributed by atoms with Crippen molar-refractivity contribution in [3.63, 3.8) is 0 Å². The fourth-order valence-electron chi connectivity index (χ4n) is 5.35. The lowest BCUT2D eigenvalue weighted by Gasteiger charge is -2.41. The Kier molecular flexibility index (Phi) is 8.82. The van der Waals surface area contributed by atoms with Crippen LogP contribution in [0.15, 0.2) is 43.2 Å². The standard InChI is InChI=1S/C31H41F3N6O/c1-19-14-24(15-20(2)39(19)7)37-27-12-8-11-25-26(27)16-23(38-28(25)21(3)31(32,33)34)10-9-13-35-29(41)22-17-36-40(18-22)30(4,5)6/h8,11-12,16-20,24,37H,3,9-10,13-15H2,1-2,4-7H3,(H,35,41). The minimum Gasteiger partial charge on any atom is -0.382 e. The van der Waals surface area contributed by atoms with Crippen LogP contribution in [0.3, 0.4) is 0 Å². The normalized spacial score (nSPS) is 20.3. The third-order valence-corrected chi connectivity index (χ3v) is 7.98. The van der Waals surface area contributed by atoms with E-state index >= 15 is 0 Å². The second-order valence-electron chi connectivity index (χ2n) is 12.2. The number of aryl methyl sites for hydroxylation is 1. The first-order valence-electron chi connectivity index (χ1n) is 14.2. The van der Waals surface area contributed by atoms with Gasteiger partial charge in [-0.05, 0) is 79.5 Å². The Morgan fingerprint density at radius 2 is 1.80 bits per heavy atom. The van der Waals surface area contributed by atoms with E-state index in [0.717, 1.165) is 18.5 Å². The molecule has 1 fully saturated rings. The summed E-state index contributed by atoms with van der Waals surface area (Å²) in [5.74, 6) is -0.244. The van der Waals surface area contributed by atoms with Crippen LogP contribution in [0.25, 0.3) is 16.3 Å². The highest BCUT2D eigenvalue weighted by Gasteiger charge is 2.35. The number of rotatable bonds is 8. The van der Waals surface area contributed by atoms with Crippen molar-refractivity contribution < 1.29 is 18.0 Å². The van der Waals surface area contributed by atoms with Gasteiger partial charge in [0.2, 0.25) is 0 Å². The summed E-state index contributed by atoms with van der Waals surface area (Å²) in [4.78, 5) is 19.4. The number of likely N-dealkylation sites (tertiary alicyclic amines) is 1. The molecule has 41 heavy (non-hydrogen) atoms. The number of allylic oxidation sites excluding steroid dienone is 1. The summed E-state index contributed by atoms with van der Waals surface area (Å²) < 4.78 is 43.2. The predicted molar refractivity (Wildman–Crippen MR) is 158 cm³/mol. The summed E-state index contributed by atoms with van der Waals surface area (Å²) in [5.41, 5.74) is 0.411. The van der Waals surface area contributed by atoms with Crippen LogP contribution >= 0.6 is 0 Å². The van der Waals surface area contributed by atoms with Crippen molar-refractivity contribution in [1.29, 1.82) is 0 Å². The molecule has 1 aliphatic heterocycles. The Morgan fingerprint density at radius 1 is 1.12 bits per heavy atom. The van der Waals surface area contributed by atoms with E-state index in [4.69, 9.17) is 0 Å². The second kappa shape index (κ2) is 11.8. The van der Waals surface area contributed by atoms with Crippen LogP contribution in [0, 0.1) is 0 Å². The number of benzene rings is 1. The van der Waals surface area contributed by atoms with Gasteiger partial charge >= 0.3 is 6.18 Å². The number of pyridine rings is 1. The van der Waals surface area contributed by atoms with Gasteiger partial charge in [0.05, 0.1) is 28.6 Å². The summed E-state index contributed by atoms with van der Waals surface area (Å²) in [6.45, 7) is 14.1. The Morgan fingerprint density at radius 3 is 2.41 bits per heavy atom. The largest absolute Gasteiger partial charge is 0.417 e. The molecule has 0 spiro atoms. The van der Waals surface area contributed by atoms with Crippen LogP contribution in [0.1, 0.15) is 75.6 Å². The van der Waals surface area contributed by atoms with E-state index in [-0.39, 0.29) is 23.2 Å². The zero-order valence-electron chi connectivity index (χ0n) is 24.8. The van der Waals surface area contributed by atoms with E-state index < -0.39 is 11.7 Å². The van der Waals surface area contributed by atoms with Crippen LogP contribution < -0.4 is 10.6 Å². The molecule has 0 radical (unpaired) electrons. The molecule has 1 amide bonds. The second-order valence-corrected chi connectivity index (χ2v) is 12.2. The third kappa shape index (κ3) is 7.09. The van der Waals surface area contributed by atoms with Crippen molar-refractivity contribution in [2.45, 2.75) is 90.1 Å². The number of nitrogens with zero attached hydrogens (tertiary/aromatic N) is 4. The molecule has 0 bridgehead atoms. The smallest absolute Gasteiger partial charge is 0.382 e. The van der Waals surface area contributed by atoms with E-state index in [0.29, 0.717) is 53.5 Å². The molecule has 2 aromatic heterocycles. The van der Waals surface area contributed by atoms with Gasteiger partial charge in [0, 0.05) is 53.0 Å². The number of nitrogens with one attached hydrogen (secondary N) is 2. The monoisotopic (exact) mass is 570 g/mol. The first-order chi connectivity index (χ1) is 19.1. The molecule has 1 aliphatic rings. The maximum absolute atomic E-state index is 13.8. The molecule has 0 saturated carbocycles. The van der Waals surface area contributed by atoms with E-state index in [1.54, 1.807) is 23.0 Å². The molecule has 3 heterocycles. The van der Waals surface area contributed by atoms with Crippen LogP contribution in [-0.2, 0) is 12.0 Å². The maximum Gasteiger partial charge on any atom is 0.417 e. The number of aromatic nitrogens is 3. The van der Waals surface area contributed by atoms with Crippen molar-refractivity contribution in [2.75, 3.05) is 18.9 Å². The van der Waals surface area contributed by atoms with Crippen LogP contribution in [-0.4, -0.2) is 63.5 Å². The number of amides is 1. The number of piperidine rings is 1. The van der Waals surface area contributed by atoms with Crippen LogP contribution in [0.2, 0.25) is 0 Å². The number of anilines is 1. The molecule has 2 N–H and O–H groups in total. The zero-order valence-corrected chi connectivity index (χ0v) is 24.8. The van der Waals surface area contributed by atoms with Crippen molar-refractivity contribution >= 4 is 27.9 Å². The van der Waals surface area contributed by atoms with Crippen molar-refractivity contribution in [2.24, 2.45) is 0 Å². The molecular formula is C31H41F3N6O. The maximum atomic E-state index is 13.8. The van der Waals surface area contributed by atoms with Crippen molar-refractivity contribution in [3.8, 4) is 0 Å². The van der Waals surface area contributed by atoms with Gasteiger partial charge in [-0.2, -0.15) is 18.3 Å². The molecule has 2 atom stereocenters. The molecule has 4 rings (SSSR count). The summed E-state index contributed by atoms with van der Waals surface area (Å²) >= 11 is 0. The summed E-state index contributed by atoms with van der Waals surface area (Å²) in [7, 11) is 2.12. The topological polar surface area (TPSA) is 75.1 Å². The van der Waals surface area contributed by atoms with Gasteiger partial charge in [-0.15, -0.1) is 0 Å². The van der Waals surface area contributed by atoms with Crippen molar-refractivity contribution in [3.05, 3.63) is 60.2 Å². The van der Waals surface area contributed by atoms with E-state index in [2.05, 4.69) is 53.1 Å². The molecule has 1 saturated heterocycles. The highest BCUT2D eigenvalue weighted by molar-refractivity contribution is 6.00. The molecule has 3 aromatic rings. The average molecular weight is 571 g/mol. The molecular weight excluding hydrogens is 529 g/mol. The minimum absolute atomic E-state index is 0.155. The predicted octanol–water partition coefficient (Wildman–Crippen LogP) is 6.41. The molecule has 7 nitrogen and oxygen atoms in total. The Labute approximate surface area is 240 Å². The average Bonchev–Trinajstić information content (AvgIpc) is 3.40. The van der Waals surface area contributed by atoms with E-state index in [9.17, 15) is 18.0 Å². The van der Waals surface area contributed by atoms with Crippen molar-refractivity contribution in [1.82, 2.24) is 25.0 Å². The van der Waals surface area contributed by atoms with Gasteiger partial charge < -0.3 is 15.5 Å². The quantitative estimate of drug-likeness (QED) is 0.306. The molecule has 10 heteroatoms. The highest BCUT2D eigenvalue weighted by atomic mass is 19.4. The van der Waals surface area contributed by atoms with Gasteiger partial charge in [-0.3, -0.25) is 14.5 Å². The lowest BCUT2D eigenvalue weighted by molar-refractivity contribution is -0.0688. The van der Waals surface area contributed by atoms with E-state index in [1.165, 1.54) is 6.20 Å². The molecule has 222 valence electrons. The van der Waals surface area contributed by atoms with Gasteiger partial charge in [0.1, 0.15) is 0 Å². The SMILES string of the molecule is C=C(c1nc(CCCNC(=O)c2cnn(C(C)(C)C)c2)cc2c(NC3CC(C)N(C)C(C)C3)cccc12)C(F)(F)F. The summed E-state index contributed by atoms with van der Waals surface area (Å²) in [5, 5.41) is 11.9. The van der Waals surface area contributed by atoms with E-state index in [1.807, 2.05) is 32.9 Å². The summed E-state index contributed by atoms with van der Waals surface area (Å²) in [6.07, 6.45) is 1.40. The number of halogens is 3. The molecule has 2 unspecified atom stereocenters. The van der Waals surface area contributed by atoms with Crippen LogP contribution in [0.4, 0.5) is 18.9 Å². The van der Waals surface area contributed by atoms with Gasteiger partial charge in [-0.25, -0.2) is 0 Å². The number of hydrogen-bond acceptors (Lipinski definition) is 5. The first kappa shape index (κ1) is 30.6. The number of hydrogen-bond donors (Lipinski definition) is 2. The van der Waals surface area contributed by atoms with Gasteiger partial charge in [-0.1, -0.05) is 18.7 Å². The first-order valence-corrected chi connectivity index (χ1v) is 14.2.